The Bertz CT molecular complexity index is 1390. The molecule has 2 aliphatic rings. The lowest BCUT2D eigenvalue weighted by Gasteiger charge is -2.39. The first-order valence-corrected chi connectivity index (χ1v) is 14.6. The van der Waals surface area contributed by atoms with Gasteiger partial charge < -0.3 is 21.3 Å². The van der Waals surface area contributed by atoms with Gasteiger partial charge in [0.15, 0.2) is 0 Å². The Morgan fingerprint density at radius 2 is 1.82 bits per heavy atom. The molecule has 38 heavy (non-hydrogen) atoms. The van der Waals surface area contributed by atoms with Crippen LogP contribution in [0.2, 0.25) is 0 Å². The van der Waals surface area contributed by atoms with E-state index in [1.165, 1.54) is 37.8 Å². The number of nitrogens with two attached hydrogens (primary N) is 2. The van der Waals surface area contributed by atoms with E-state index in [2.05, 4.69) is 94.8 Å². The van der Waals surface area contributed by atoms with Crippen molar-refractivity contribution in [2.45, 2.75) is 36.7 Å². The van der Waals surface area contributed by atoms with Crippen LogP contribution in [0.15, 0.2) is 77.7 Å². The van der Waals surface area contributed by atoms with E-state index < -0.39 is 0 Å². The molecular formula is C31H37IN6. The third-order valence-corrected chi connectivity index (χ3v) is 9.38. The van der Waals surface area contributed by atoms with Crippen LogP contribution < -0.4 is 11.5 Å². The zero-order valence-electron chi connectivity index (χ0n) is 22.4. The Morgan fingerprint density at radius 1 is 1.08 bits per heavy atom. The van der Waals surface area contributed by atoms with Gasteiger partial charge in [0.25, 0.3) is 0 Å². The van der Waals surface area contributed by atoms with Crippen LogP contribution in [0, 0.1) is 18.8 Å². The number of aromatic nitrogens is 1. The topological polar surface area (TPSA) is 83.8 Å². The van der Waals surface area contributed by atoms with Gasteiger partial charge in [0, 0.05) is 35.5 Å². The van der Waals surface area contributed by atoms with Gasteiger partial charge in [-0.05, 0) is 76.2 Å². The van der Waals surface area contributed by atoms with E-state index in [0.717, 1.165) is 39.3 Å². The molecule has 2 heterocycles. The fourth-order valence-corrected chi connectivity index (χ4v) is 6.97. The van der Waals surface area contributed by atoms with E-state index in [-0.39, 0.29) is 4.05 Å². The largest absolute Gasteiger partial charge is 0.396 e. The molecular weight excluding hydrogens is 583 g/mol. The molecule has 1 saturated carbocycles. The van der Waals surface area contributed by atoms with Crippen molar-refractivity contribution in [1.29, 1.82) is 0 Å². The summed E-state index contributed by atoms with van der Waals surface area (Å²) >= 11 is 2.57. The first-order chi connectivity index (χ1) is 18.3. The van der Waals surface area contributed by atoms with Crippen molar-refractivity contribution in [2.75, 3.05) is 20.6 Å². The predicted octanol–water partition coefficient (Wildman–Crippen LogP) is 6.11. The van der Waals surface area contributed by atoms with Gasteiger partial charge in [-0.1, -0.05) is 65.1 Å². The molecule has 4 N–H and O–H groups in total. The maximum Gasteiger partial charge on any atom is 0.149 e. The maximum atomic E-state index is 6.88. The minimum absolute atomic E-state index is 0.247. The number of aryl methyl sites for hydroxylation is 1. The van der Waals surface area contributed by atoms with Crippen LogP contribution in [0.1, 0.15) is 36.8 Å². The van der Waals surface area contributed by atoms with E-state index in [9.17, 15) is 0 Å². The van der Waals surface area contributed by atoms with Gasteiger partial charge in [0.05, 0.1) is 21.0 Å². The molecule has 6 nitrogen and oxygen atoms in total. The summed E-state index contributed by atoms with van der Waals surface area (Å²) in [6.07, 6.45) is 8.75. The highest BCUT2D eigenvalue weighted by atomic mass is 127. The minimum atomic E-state index is 0.247. The quantitative estimate of drug-likeness (QED) is 0.198. The van der Waals surface area contributed by atoms with Crippen LogP contribution in [0.3, 0.4) is 0 Å². The average Bonchev–Trinajstić information content (AvgIpc) is 2.92. The normalized spacial score (nSPS) is 22.0. The number of amidine groups is 1. The first kappa shape index (κ1) is 26.7. The summed E-state index contributed by atoms with van der Waals surface area (Å²) in [5.41, 5.74) is 19.9. The van der Waals surface area contributed by atoms with Crippen LogP contribution in [0.5, 0.6) is 0 Å². The van der Waals surface area contributed by atoms with Gasteiger partial charge in [-0.25, -0.2) is 9.98 Å². The average molecular weight is 621 g/mol. The Morgan fingerprint density at radius 3 is 2.53 bits per heavy atom. The number of halogens is 1. The first-order valence-electron chi connectivity index (χ1n) is 13.4. The van der Waals surface area contributed by atoms with Gasteiger partial charge in [0.2, 0.25) is 0 Å². The van der Waals surface area contributed by atoms with Crippen LogP contribution in [-0.2, 0) is 0 Å². The van der Waals surface area contributed by atoms with Gasteiger partial charge in [-0.2, -0.15) is 0 Å². The summed E-state index contributed by atoms with van der Waals surface area (Å²) in [6, 6.07) is 18.7. The lowest BCUT2D eigenvalue weighted by atomic mass is 9.81. The van der Waals surface area contributed by atoms with Crippen LogP contribution in [0.25, 0.3) is 27.9 Å². The summed E-state index contributed by atoms with van der Waals surface area (Å²) in [5.74, 6) is 1.81. The zero-order valence-corrected chi connectivity index (χ0v) is 24.6. The fraction of sp³-hybridized carbons (Fsp3) is 0.355. The van der Waals surface area contributed by atoms with Crippen molar-refractivity contribution in [3.05, 3.63) is 83.8 Å². The fourth-order valence-electron chi connectivity index (χ4n) is 5.79. The van der Waals surface area contributed by atoms with Crippen LogP contribution >= 0.6 is 22.6 Å². The smallest absolute Gasteiger partial charge is 0.149 e. The summed E-state index contributed by atoms with van der Waals surface area (Å²) in [5, 5.41) is 1.12. The van der Waals surface area contributed by atoms with Crippen molar-refractivity contribution in [1.82, 2.24) is 14.8 Å². The van der Waals surface area contributed by atoms with Gasteiger partial charge >= 0.3 is 0 Å². The molecule has 2 aromatic carbocycles. The molecule has 5 rings (SSSR count). The van der Waals surface area contributed by atoms with Crippen molar-refractivity contribution in [3.8, 4) is 11.3 Å². The third-order valence-electron chi connectivity index (χ3n) is 7.76. The zero-order chi connectivity index (χ0) is 26.8. The van der Waals surface area contributed by atoms with E-state index in [1.54, 1.807) is 6.20 Å². The maximum absolute atomic E-state index is 6.88. The number of nitrogens with zero attached hydrogens (tertiary/aromatic N) is 4. The van der Waals surface area contributed by atoms with Gasteiger partial charge in [-0.15, -0.1) is 0 Å². The Kier molecular flexibility index (Phi) is 8.04. The van der Waals surface area contributed by atoms with Crippen molar-refractivity contribution >= 4 is 45.0 Å². The molecule has 0 spiro atoms. The molecule has 1 fully saturated rings. The van der Waals surface area contributed by atoms with Crippen molar-refractivity contribution in [2.24, 2.45) is 28.3 Å². The molecule has 1 unspecified atom stereocenters. The molecule has 0 bridgehead atoms. The summed E-state index contributed by atoms with van der Waals surface area (Å²) in [6.45, 7) is 3.30. The number of hydrogen-bond donors (Lipinski definition) is 2. The number of benzene rings is 2. The van der Waals surface area contributed by atoms with E-state index in [1.807, 2.05) is 24.4 Å². The number of alkyl halides is 1. The highest BCUT2D eigenvalue weighted by Gasteiger charge is 2.33. The highest BCUT2D eigenvalue weighted by Crippen LogP contribution is 2.38. The Labute approximate surface area is 239 Å². The molecule has 7 heteroatoms. The van der Waals surface area contributed by atoms with E-state index in [4.69, 9.17) is 16.5 Å². The molecule has 198 valence electrons. The molecule has 1 aliphatic carbocycles. The number of rotatable bonds is 6. The Balaban J connectivity index is 1.46. The SMILES string of the molecule is Cc1cc(-c2ccccc2)nc2cc(/C(N)=C3\C(N)=NC=CN3C(I)[C@H]3CC[C@H](CN(C)C)CC3)ccc12. The second kappa shape index (κ2) is 11.5. The number of fused-ring (bicyclic) bond motifs is 1. The number of hydrogen-bond acceptors (Lipinski definition) is 6. The van der Waals surface area contributed by atoms with Crippen molar-refractivity contribution in [3.63, 3.8) is 0 Å². The molecule has 1 aliphatic heterocycles. The Hall–Kier alpha value is -2.91. The molecule has 1 atom stereocenters. The minimum Gasteiger partial charge on any atom is -0.396 e. The molecule has 3 aromatic rings. The summed E-state index contributed by atoms with van der Waals surface area (Å²) in [7, 11) is 4.33. The molecule has 0 radical (unpaired) electrons. The monoisotopic (exact) mass is 620 g/mol. The van der Waals surface area contributed by atoms with Crippen LogP contribution in [0.4, 0.5) is 0 Å². The second-order valence-electron chi connectivity index (χ2n) is 10.8. The molecule has 0 amide bonds. The third kappa shape index (κ3) is 5.59. The lowest BCUT2D eigenvalue weighted by Crippen LogP contribution is -2.41. The number of aliphatic imine (C=N–C) groups is 1. The summed E-state index contributed by atoms with van der Waals surface area (Å²) in [4.78, 5) is 14.0. The van der Waals surface area contributed by atoms with Gasteiger partial charge in [0.1, 0.15) is 11.5 Å². The highest BCUT2D eigenvalue weighted by molar-refractivity contribution is 14.1. The lowest BCUT2D eigenvalue weighted by molar-refractivity contribution is 0.198. The predicted molar refractivity (Wildman–Crippen MR) is 167 cm³/mol. The summed E-state index contributed by atoms with van der Waals surface area (Å²) < 4.78 is 0.247. The van der Waals surface area contributed by atoms with Crippen LogP contribution in [-0.4, -0.2) is 45.3 Å². The molecule has 0 saturated heterocycles. The van der Waals surface area contributed by atoms with Gasteiger partial charge in [-0.3, -0.25) is 0 Å². The standard InChI is InChI=1S/C31H37IN6/c1-20-17-26(22-7-5-4-6-8-22)36-27-18-24(13-14-25(20)27)28(33)29-31(34)35-15-16-38(29)30(32)23-11-9-21(10-12-23)19-37(2)3/h4-8,13-18,21,23,30H,9-12,19,33H2,1-3H3,(H2,34,35)/b29-28-/t21-,23-,30?. The number of pyridine rings is 1. The van der Waals surface area contributed by atoms with E-state index >= 15 is 0 Å². The second-order valence-corrected chi connectivity index (χ2v) is 12.1. The van der Waals surface area contributed by atoms with Crippen molar-refractivity contribution < 1.29 is 0 Å². The van der Waals surface area contributed by atoms with E-state index in [0.29, 0.717) is 17.5 Å². The molecule has 1 aromatic heterocycles.